The van der Waals surface area contributed by atoms with Gasteiger partial charge in [-0.2, -0.15) is 0 Å². The van der Waals surface area contributed by atoms with Crippen molar-refractivity contribution in [3.05, 3.63) is 59.9 Å². The Hall–Kier alpha value is -2.61. The van der Waals surface area contributed by atoms with E-state index in [9.17, 15) is 12.8 Å². The van der Waals surface area contributed by atoms with Crippen molar-refractivity contribution in [2.75, 3.05) is 32.5 Å². The van der Waals surface area contributed by atoms with Crippen molar-refractivity contribution >= 4 is 15.8 Å². The van der Waals surface area contributed by atoms with E-state index in [1.165, 1.54) is 18.4 Å². The zero-order valence-electron chi connectivity index (χ0n) is 17.5. The van der Waals surface area contributed by atoms with Crippen molar-refractivity contribution in [1.29, 1.82) is 0 Å². The number of rotatable bonds is 11. The van der Waals surface area contributed by atoms with Crippen molar-refractivity contribution in [2.45, 2.75) is 31.1 Å². The predicted molar refractivity (Wildman–Crippen MR) is 118 cm³/mol. The van der Waals surface area contributed by atoms with Gasteiger partial charge in [0.05, 0.1) is 11.5 Å². The van der Waals surface area contributed by atoms with Gasteiger partial charge >= 0.3 is 0 Å². The van der Waals surface area contributed by atoms with Crippen LogP contribution < -0.4 is 15.4 Å². The van der Waals surface area contributed by atoms with Gasteiger partial charge in [0, 0.05) is 25.9 Å². The Morgan fingerprint density at radius 2 is 1.73 bits per heavy atom. The summed E-state index contributed by atoms with van der Waals surface area (Å²) in [4.78, 5) is 4.89. The number of hydrogen-bond acceptors (Lipinski definition) is 4. The van der Waals surface area contributed by atoms with Crippen molar-refractivity contribution in [2.24, 2.45) is 4.99 Å². The topological polar surface area (TPSA) is 79.8 Å². The Morgan fingerprint density at radius 3 is 2.37 bits per heavy atom. The second-order valence-electron chi connectivity index (χ2n) is 6.86. The molecule has 0 aliphatic carbocycles. The third-order valence-electron chi connectivity index (χ3n) is 4.31. The van der Waals surface area contributed by atoms with Gasteiger partial charge in [-0.3, -0.25) is 4.99 Å². The predicted octanol–water partition coefficient (Wildman–Crippen LogP) is 3.19. The first-order chi connectivity index (χ1) is 14.4. The molecule has 0 amide bonds. The Balaban J connectivity index is 1.68. The molecule has 164 valence electrons. The molecule has 30 heavy (non-hydrogen) atoms. The fraction of sp³-hybridized carbons (Fsp3) is 0.409. The van der Waals surface area contributed by atoms with Crippen LogP contribution in [0.4, 0.5) is 4.39 Å². The van der Waals surface area contributed by atoms with E-state index in [0.29, 0.717) is 30.3 Å². The zero-order chi connectivity index (χ0) is 21.8. The normalized spacial score (nSPS) is 11.9. The number of guanidine groups is 1. The van der Waals surface area contributed by atoms with Crippen molar-refractivity contribution < 1.29 is 17.5 Å². The number of halogens is 1. The summed E-state index contributed by atoms with van der Waals surface area (Å²) in [5.74, 6) is 1.15. The molecule has 0 saturated carbocycles. The minimum atomic E-state index is -3.16. The van der Waals surface area contributed by atoms with Crippen molar-refractivity contribution in [3.8, 4) is 5.75 Å². The number of hydrogen-bond donors (Lipinski definition) is 2. The fourth-order valence-electron chi connectivity index (χ4n) is 2.70. The summed E-state index contributed by atoms with van der Waals surface area (Å²) in [6, 6.07) is 13.0. The van der Waals surface area contributed by atoms with E-state index in [1.54, 1.807) is 24.3 Å². The van der Waals surface area contributed by atoms with Crippen molar-refractivity contribution in [3.63, 3.8) is 0 Å². The van der Waals surface area contributed by atoms with E-state index in [2.05, 4.69) is 15.6 Å². The van der Waals surface area contributed by atoms with Gasteiger partial charge in [-0.05, 0) is 68.1 Å². The van der Waals surface area contributed by atoms with Gasteiger partial charge in [0.25, 0.3) is 0 Å². The van der Waals surface area contributed by atoms with E-state index < -0.39 is 9.84 Å². The highest BCUT2D eigenvalue weighted by Gasteiger charge is 2.06. The number of nitrogens with one attached hydrogen (secondary N) is 2. The molecule has 6 nitrogen and oxygen atoms in total. The van der Waals surface area contributed by atoms with Crippen LogP contribution in [0, 0.1) is 5.82 Å². The Kier molecular flexibility index (Phi) is 9.60. The van der Waals surface area contributed by atoms with Crippen LogP contribution in [0.1, 0.15) is 25.3 Å². The van der Waals surface area contributed by atoms with Gasteiger partial charge in [-0.15, -0.1) is 0 Å². The molecule has 0 aliphatic rings. The highest BCUT2D eigenvalue weighted by Crippen LogP contribution is 2.12. The first-order valence-corrected chi connectivity index (χ1v) is 12.0. The summed E-state index contributed by atoms with van der Waals surface area (Å²) >= 11 is 0. The number of benzene rings is 2. The molecular formula is C22H30FN3O3S. The van der Waals surface area contributed by atoms with E-state index >= 15 is 0 Å². The summed E-state index contributed by atoms with van der Waals surface area (Å²) in [5.41, 5.74) is 1.06. The third-order valence-corrected chi connectivity index (χ3v) is 5.44. The SMILES string of the molecule is CCNC(=NCCCCOc1ccc(F)cc1)NCCc1ccc(S(C)(=O)=O)cc1. The van der Waals surface area contributed by atoms with Gasteiger partial charge in [0.2, 0.25) is 0 Å². The van der Waals surface area contributed by atoms with Gasteiger partial charge in [-0.1, -0.05) is 12.1 Å². The van der Waals surface area contributed by atoms with E-state index in [0.717, 1.165) is 37.3 Å². The smallest absolute Gasteiger partial charge is 0.191 e. The molecular weight excluding hydrogens is 405 g/mol. The second kappa shape index (κ2) is 12.2. The lowest BCUT2D eigenvalue weighted by molar-refractivity contribution is 0.307. The summed E-state index contributed by atoms with van der Waals surface area (Å²) in [7, 11) is -3.16. The summed E-state index contributed by atoms with van der Waals surface area (Å²) in [6.45, 7) is 4.71. The number of unbranched alkanes of at least 4 members (excludes halogenated alkanes) is 1. The van der Waals surface area contributed by atoms with Crippen LogP contribution in [0.5, 0.6) is 5.75 Å². The number of nitrogens with zero attached hydrogens (tertiary/aromatic N) is 1. The first kappa shape index (κ1) is 23.7. The average Bonchev–Trinajstić information content (AvgIpc) is 2.71. The molecule has 2 aromatic rings. The van der Waals surface area contributed by atoms with E-state index in [1.807, 2.05) is 19.1 Å². The molecule has 0 aliphatic heterocycles. The summed E-state index contributed by atoms with van der Waals surface area (Å²) in [5, 5.41) is 6.50. The van der Waals surface area contributed by atoms with Gasteiger partial charge in [0.15, 0.2) is 15.8 Å². The van der Waals surface area contributed by atoms with Crippen LogP contribution >= 0.6 is 0 Å². The molecule has 0 saturated heterocycles. The molecule has 0 fully saturated rings. The minimum Gasteiger partial charge on any atom is -0.494 e. The lowest BCUT2D eigenvalue weighted by Crippen LogP contribution is -2.38. The fourth-order valence-corrected chi connectivity index (χ4v) is 3.33. The molecule has 0 bridgehead atoms. The molecule has 0 aromatic heterocycles. The lowest BCUT2D eigenvalue weighted by atomic mass is 10.1. The summed E-state index contributed by atoms with van der Waals surface area (Å²) in [6.07, 6.45) is 3.70. The molecule has 2 aromatic carbocycles. The maximum Gasteiger partial charge on any atom is 0.191 e. The van der Waals surface area contributed by atoms with Crippen LogP contribution in [0.2, 0.25) is 0 Å². The molecule has 0 spiro atoms. The monoisotopic (exact) mass is 435 g/mol. The van der Waals surface area contributed by atoms with Crippen LogP contribution in [0.15, 0.2) is 58.4 Å². The molecule has 8 heteroatoms. The van der Waals surface area contributed by atoms with Crippen LogP contribution in [-0.2, 0) is 16.3 Å². The zero-order valence-corrected chi connectivity index (χ0v) is 18.3. The maximum atomic E-state index is 12.9. The van der Waals surface area contributed by atoms with Gasteiger partial charge in [0.1, 0.15) is 11.6 Å². The highest BCUT2D eigenvalue weighted by molar-refractivity contribution is 7.90. The number of aliphatic imine (C=N–C) groups is 1. The number of ether oxygens (including phenoxy) is 1. The average molecular weight is 436 g/mol. The quantitative estimate of drug-likeness (QED) is 0.322. The third kappa shape index (κ3) is 8.82. The van der Waals surface area contributed by atoms with Crippen LogP contribution in [0.3, 0.4) is 0 Å². The maximum absolute atomic E-state index is 12.9. The second-order valence-corrected chi connectivity index (χ2v) is 8.88. The van der Waals surface area contributed by atoms with Gasteiger partial charge < -0.3 is 15.4 Å². The standard InChI is InChI=1S/C22H30FN3O3S/c1-3-24-22(25-15-4-5-17-29-20-10-8-19(23)9-11-20)26-16-14-18-6-12-21(13-7-18)30(2,27)28/h6-13H,3-5,14-17H2,1-2H3,(H2,24,25,26). The van der Waals surface area contributed by atoms with Crippen LogP contribution in [-0.4, -0.2) is 46.9 Å². The minimum absolute atomic E-state index is 0.272. The molecule has 0 unspecified atom stereocenters. The van der Waals surface area contributed by atoms with Crippen LogP contribution in [0.25, 0.3) is 0 Å². The van der Waals surface area contributed by atoms with E-state index in [4.69, 9.17) is 4.74 Å². The largest absolute Gasteiger partial charge is 0.494 e. The highest BCUT2D eigenvalue weighted by atomic mass is 32.2. The lowest BCUT2D eigenvalue weighted by Gasteiger charge is -2.11. The molecule has 2 rings (SSSR count). The Labute approximate surface area is 178 Å². The van der Waals surface area contributed by atoms with E-state index in [-0.39, 0.29) is 5.82 Å². The molecule has 0 heterocycles. The molecule has 0 radical (unpaired) electrons. The van der Waals surface area contributed by atoms with Gasteiger partial charge in [-0.25, -0.2) is 12.8 Å². The van der Waals surface area contributed by atoms with Crippen molar-refractivity contribution in [1.82, 2.24) is 10.6 Å². The molecule has 0 atom stereocenters. The Morgan fingerprint density at radius 1 is 1.03 bits per heavy atom. The molecule has 2 N–H and O–H groups in total. The first-order valence-electron chi connectivity index (χ1n) is 10.1. The number of sulfone groups is 1. The Bertz CT molecular complexity index is 898. The summed E-state index contributed by atoms with van der Waals surface area (Å²) < 4.78 is 41.5.